The van der Waals surface area contributed by atoms with E-state index >= 15 is 0 Å². The number of amides is 2. The molecule has 8 heteroatoms. The number of carbonyl (C=O) groups excluding carboxylic acids is 2. The van der Waals surface area contributed by atoms with Crippen molar-refractivity contribution in [3.05, 3.63) is 0 Å². The lowest BCUT2D eigenvalue weighted by atomic mass is 10.1. The van der Waals surface area contributed by atoms with Crippen molar-refractivity contribution in [2.45, 2.75) is 25.2 Å². The SMILES string of the molecule is O=C1CN(CCOC(F)(F)F)C(=O)C(C2CC2)N1. The molecule has 102 valence electrons. The summed E-state index contributed by atoms with van der Waals surface area (Å²) in [6, 6.07) is -0.572. The first-order valence-corrected chi connectivity index (χ1v) is 5.65. The molecule has 5 nitrogen and oxygen atoms in total. The van der Waals surface area contributed by atoms with E-state index in [-0.39, 0.29) is 30.8 Å². The number of piperazine rings is 1. The number of nitrogens with zero attached hydrogens (tertiary/aromatic N) is 1. The minimum atomic E-state index is -4.71. The Balaban J connectivity index is 1.86. The molecule has 1 aliphatic heterocycles. The molecule has 1 heterocycles. The van der Waals surface area contributed by atoms with Gasteiger partial charge in [0.2, 0.25) is 11.8 Å². The average molecular weight is 266 g/mol. The van der Waals surface area contributed by atoms with E-state index in [0.29, 0.717) is 0 Å². The fraction of sp³-hybridized carbons (Fsp3) is 0.800. The van der Waals surface area contributed by atoms with E-state index in [2.05, 4.69) is 10.1 Å². The number of rotatable bonds is 4. The van der Waals surface area contributed by atoms with Crippen molar-refractivity contribution in [1.29, 1.82) is 0 Å². The molecule has 0 aromatic rings. The predicted molar refractivity (Wildman–Crippen MR) is 53.2 cm³/mol. The van der Waals surface area contributed by atoms with Crippen molar-refractivity contribution in [1.82, 2.24) is 10.2 Å². The maximum absolute atomic E-state index is 11.9. The fourth-order valence-corrected chi connectivity index (χ4v) is 1.94. The van der Waals surface area contributed by atoms with E-state index in [9.17, 15) is 22.8 Å². The number of ether oxygens (including phenoxy) is 1. The van der Waals surface area contributed by atoms with Gasteiger partial charge >= 0.3 is 6.36 Å². The van der Waals surface area contributed by atoms with Gasteiger partial charge < -0.3 is 10.2 Å². The van der Waals surface area contributed by atoms with Crippen molar-refractivity contribution in [3.8, 4) is 0 Å². The van der Waals surface area contributed by atoms with Gasteiger partial charge in [-0.1, -0.05) is 0 Å². The second-order valence-electron chi connectivity index (χ2n) is 4.44. The fourth-order valence-electron chi connectivity index (χ4n) is 1.94. The first kappa shape index (κ1) is 13.1. The van der Waals surface area contributed by atoms with Crippen LogP contribution in [0.15, 0.2) is 0 Å². The third-order valence-corrected chi connectivity index (χ3v) is 2.95. The Kier molecular flexibility index (Phi) is 3.47. The molecule has 2 amide bonds. The highest BCUT2D eigenvalue weighted by Gasteiger charge is 2.42. The Labute approximate surface area is 101 Å². The normalized spacial score (nSPS) is 25.3. The van der Waals surface area contributed by atoms with Crippen LogP contribution in [0, 0.1) is 5.92 Å². The van der Waals surface area contributed by atoms with E-state index in [0.717, 1.165) is 17.7 Å². The summed E-state index contributed by atoms with van der Waals surface area (Å²) in [5, 5.41) is 2.57. The van der Waals surface area contributed by atoms with Crippen LogP contribution in [0.25, 0.3) is 0 Å². The average Bonchev–Trinajstić information content (AvgIpc) is 3.04. The highest BCUT2D eigenvalue weighted by atomic mass is 19.4. The lowest BCUT2D eigenvalue weighted by Crippen LogP contribution is -2.59. The highest BCUT2D eigenvalue weighted by molar-refractivity contribution is 5.95. The van der Waals surface area contributed by atoms with Crippen LogP contribution in [0.5, 0.6) is 0 Å². The van der Waals surface area contributed by atoms with Crippen LogP contribution in [0.2, 0.25) is 0 Å². The van der Waals surface area contributed by atoms with Gasteiger partial charge in [0.05, 0.1) is 13.2 Å². The molecular weight excluding hydrogens is 253 g/mol. The summed E-state index contributed by atoms with van der Waals surface area (Å²) in [5.74, 6) is -0.519. The lowest BCUT2D eigenvalue weighted by molar-refractivity contribution is -0.324. The number of nitrogens with one attached hydrogen (secondary N) is 1. The van der Waals surface area contributed by atoms with Gasteiger partial charge in [-0.2, -0.15) is 0 Å². The third-order valence-electron chi connectivity index (χ3n) is 2.95. The molecule has 0 aromatic heterocycles. The van der Waals surface area contributed by atoms with E-state index in [1.807, 2.05) is 0 Å². The molecule has 0 aromatic carbocycles. The van der Waals surface area contributed by atoms with Crippen molar-refractivity contribution in [3.63, 3.8) is 0 Å². The molecule has 1 unspecified atom stereocenters. The highest BCUT2D eigenvalue weighted by Crippen LogP contribution is 2.34. The Morgan fingerprint density at radius 1 is 1.33 bits per heavy atom. The van der Waals surface area contributed by atoms with Crippen LogP contribution in [0.1, 0.15) is 12.8 Å². The second-order valence-corrected chi connectivity index (χ2v) is 4.44. The number of halogens is 3. The molecule has 1 saturated carbocycles. The van der Waals surface area contributed by atoms with E-state index in [4.69, 9.17) is 0 Å². The van der Waals surface area contributed by atoms with Gasteiger partial charge in [-0.25, -0.2) is 0 Å². The van der Waals surface area contributed by atoms with Gasteiger partial charge in [-0.3, -0.25) is 14.3 Å². The summed E-state index contributed by atoms with van der Waals surface area (Å²) in [5.41, 5.74) is 0. The van der Waals surface area contributed by atoms with Crippen LogP contribution in [0.3, 0.4) is 0 Å². The molecule has 2 fully saturated rings. The quantitative estimate of drug-likeness (QED) is 0.794. The standard InChI is InChI=1S/C10H13F3N2O3/c11-10(12,13)18-4-3-15-5-7(16)14-8(9(15)17)6-1-2-6/h6,8H,1-5H2,(H,14,16). The van der Waals surface area contributed by atoms with Gasteiger partial charge in [0.25, 0.3) is 0 Å². The largest absolute Gasteiger partial charge is 0.522 e. The lowest BCUT2D eigenvalue weighted by Gasteiger charge is -2.32. The summed E-state index contributed by atoms with van der Waals surface area (Å²) in [6.45, 7) is -1.09. The summed E-state index contributed by atoms with van der Waals surface area (Å²) >= 11 is 0. The molecule has 1 atom stereocenters. The summed E-state index contributed by atoms with van der Waals surface area (Å²) in [7, 11) is 0. The molecule has 0 radical (unpaired) electrons. The molecular formula is C10H13F3N2O3. The number of carbonyl (C=O) groups is 2. The minimum Gasteiger partial charge on any atom is -0.342 e. The van der Waals surface area contributed by atoms with Crippen LogP contribution in [-0.4, -0.2) is 48.8 Å². The van der Waals surface area contributed by atoms with Crippen molar-refractivity contribution in [2.24, 2.45) is 5.92 Å². The zero-order chi connectivity index (χ0) is 13.3. The van der Waals surface area contributed by atoms with Crippen LogP contribution < -0.4 is 5.32 Å². The van der Waals surface area contributed by atoms with Gasteiger partial charge in [-0.05, 0) is 18.8 Å². The minimum absolute atomic E-state index is 0.132. The summed E-state index contributed by atoms with van der Waals surface area (Å²) < 4.78 is 39.0. The predicted octanol–water partition coefficient (Wildman–Crippen LogP) is 0.260. The van der Waals surface area contributed by atoms with Crippen molar-refractivity contribution < 1.29 is 27.5 Å². The molecule has 2 aliphatic rings. The smallest absolute Gasteiger partial charge is 0.342 e. The number of hydrogen-bond acceptors (Lipinski definition) is 3. The maximum atomic E-state index is 11.9. The Hall–Kier alpha value is -1.31. The molecule has 1 aliphatic carbocycles. The van der Waals surface area contributed by atoms with E-state index in [1.165, 1.54) is 0 Å². The molecule has 0 spiro atoms. The van der Waals surface area contributed by atoms with E-state index < -0.39 is 19.0 Å². The zero-order valence-electron chi connectivity index (χ0n) is 9.50. The molecule has 0 bridgehead atoms. The van der Waals surface area contributed by atoms with E-state index in [1.54, 1.807) is 0 Å². The molecule has 18 heavy (non-hydrogen) atoms. The Morgan fingerprint density at radius 2 is 2.00 bits per heavy atom. The van der Waals surface area contributed by atoms with Gasteiger partial charge in [0.15, 0.2) is 0 Å². The summed E-state index contributed by atoms with van der Waals surface area (Å²) in [6.07, 6.45) is -2.98. The molecule has 1 saturated heterocycles. The van der Waals surface area contributed by atoms with Crippen LogP contribution >= 0.6 is 0 Å². The topological polar surface area (TPSA) is 58.6 Å². The van der Waals surface area contributed by atoms with Crippen molar-refractivity contribution in [2.75, 3.05) is 19.7 Å². The van der Waals surface area contributed by atoms with Crippen LogP contribution in [0.4, 0.5) is 13.2 Å². The van der Waals surface area contributed by atoms with Gasteiger partial charge in [0, 0.05) is 6.54 Å². The Morgan fingerprint density at radius 3 is 2.56 bits per heavy atom. The number of alkyl halides is 3. The molecule has 1 N–H and O–H groups in total. The van der Waals surface area contributed by atoms with Gasteiger partial charge in [0.1, 0.15) is 6.04 Å². The second kappa shape index (κ2) is 4.75. The van der Waals surface area contributed by atoms with Crippen molar-refractivity contribution >= 4 is 11.8 Å². The number of hydrogen-bond donors (Lipinski definition) is 1. The summed E-state index contributed by atoms with van der Waals surface area (Å²) in [4.78, 5) is 24.4. The maximum Gasteiger partial charge on any atom is 0.522 e. The zero-order valence-corrected chi connectivity index (χ0v) is 9.50. The molecule has 2 rings (SSSR count). The first-order chi connectivity index (χ1) is 8.37. The third kappa shape index (κ3) is 3.34. The first-order valence-electron chi connectivity index (χ1n) is 5.65. The Bertz CT molecular complexity index is 355. The monoisotopic (exact) mass is 266 g/mol. The van der Waals surface area contributed by atoms with Gasteiger partial charge in [-0.15, -0.1) is 13.2 Å². The van der Waals surface area contributed by atoms with Crippen LogP contribution in [-0.2, 0) is 14.3 Å².